The number of hydrogen-bond donors (Lipinski definition) is 1. The van der Waals surface area contributed by atoms with Crippen molar-refractivity contribution in [1.29, 1.82) is 0 Å². The molecule has 1 N–H and O–H groups in total. The number of hydrogen-bond acceptors (Lipinski definition) is 4. The maximum Gasteiger partial charge on any atom is 0.0473 e. The molecule has 20 heavy (non-hydrogen) atoms. The van der Waals surface area contributed by atoms with E-state index in [-0.39, 0.29) is 0 Å². The van der Waals surface area contributed by atoms with Gasteiger partial charge in [0.2, 0.25) is 0 Å². The number of nitrogens with one attached hydrogen (secondary N) is 1. The van der Waals surface area contributed by atoms with Gasteiger partial charge in [-0.15, -0.1) is 0 Å². The summed E-state index contributed by atoms with van der Waals surface area (Å²) in [6.45, 7) is 9.07. The summed E-state index contributed by atoms with van der Waals surface area (Å²) in [4.78, 5) is 9.23. The molecule has 0 bridgehead atoms. The van der Waals surface area contributed by atoms with E-state index in [1.54, 1.807) is 0 Å². The van der Waals surface area contributed by atoms with Gasteiger partial charge in [0, 0.05) is 51.2 Å². The molecule has 0 aromatic carbocycles. The number of unbranched alkanes of at least 4 members (excludes halogenated alkanes) is 1. The van der Waals surface area contributed by atoms with Crippen LogP contribution in [0.3, 0.4) is 0 Å². The fourth-order valence-corrected chi connectivity index (χ4v) is 2.79. The van der Waals surface area contributed by atoms with Crippen molar-refractivity contribution in [2.45, 2.75) is 25.8 Å². The van der Waals surface area contributed by atoms with Crippen molar-refractivity contribution in [3.05, 3.63) is 30.1 Å². The highest BCUT2D eigenvalue weighted by molar-refractivity contribution is 5.15. The molecule has 1 aliphatic rings. The summed E-state index contributed by atoms with van der Waals surface area (Å²) in [5.41, 5.74) is 1.39. The molecule has 0 saturated carbocycles. The Morgan fingerprint density at radius 2 is 2.00 bits per heavy atom. The Labute approximate surface area is 123 Å². The van der Waals surface area contributed by atoms with E-state index in [2.05, 4.69) is 46.2 Å². The van der Waals surface area contributed by atoms with Crippen LogP contribution in [0.15, 0.2) is 24.5 Å². The van der Waals surface area contributed by atoms with Gasteiger partial charge in [0.05, 0.1) is 0 Å². The molecule has 112 valence electrons. The molecule has 1 aromatic heterocycles. The Hall–Kier alpha value is -0.970. The summed E-state index contributed by atoms with van der Waals surface area (Å²) in [5.74, 6) is 0. The number of rotatable bonds is 7. The van der Waals surface area contributed by atoms with Gasteiger partial charge in [-0.05, 0) is 37.7 Å². The Bertz CT molecular complexity index is 362. The van der Waals surface area contributed by atoms with Gasteiger partial charge in [0.1, 0.15) is 0 Å². The van der Waals surface area contributed by atoms with E-state index in [0.29, 0.717) is 6.04 Å². The predicted octanol–water partition coefficient (Wildman–Crippen LogP) is 1.76. The van der Waals surface area contributed by atoms with E-state index in [0.717, 1.165) is 39.3 Å². The molecule has 1 fully saturated rings. The Morgan fingerprint density at radius 1 is 1.30 bits per heavy atom. The van der Waals surface area contributed by atoms with E-state index in [9.17, 15) is 0 Å². The molecule has 1 aliphatic heterocycles. The third-order valence-corrected chi connectivity index (χ3v) is 4.13. The van der Waals surface area contributed by atoms with Crippen molar-refractivity contribution >= 4 is 0 Å². The van der Waals surface area contributed by atoms with Crippen LogP contribution in [-0.4, -0.2) is 61.1 Å². The first-order chi connectivity index (χ1) is 9.81. The van der Waals surface area contributed by atoms with E-state index in [1.165, 1.54) is 18.4 Å². The Kier molecular flexibility index (Phi) is 6.43. The van der Waals surface area contributed by atoms with Crippen LogP contribution in [0.4, 0.5) is 0 Å². The third-order valence-electron chi connectivity index (χ3n) is 4.13. The van der Waals surface area contributed by atoms with Crippen LogP contribution < -0.4 is 5.32 Å². The zero-order valence-corrected chi connectivity index (χ0v) is 12.9. The second kappa shape index (κ2) is 8.35. The molecule has 4 nitrogen and oxygen atoms in total. The molecule has 0 radical (unpaired) electrons. The second-order valence-corrected chi connectivity index (χ2v) is 5.68. The van der Waals surface area contributed by atoms with Gasteiger partial charge in [-0.3, -0.25) is 14.8 Å². The summed E-state index contributed by atoms with van der Waals surface area (Å²) in [5, 5.41) is 3.43. The van der Waals surface area contributed by atoms with Gasteiger partial charge < -0.3 is 5.32 Å². The number of piperazine rings is 1. The lowest BCUT2D eigenvalue weighted by atomic mass is 10.1. The summed E-state index contributed by atoms with van der Waals surface area (Å²) >= 11 is 0. The molecule has 2 rings (SSSR count). The molecular formula is C16H28N4. The van der Waals surface area contributed by atoms with E-state index >= 15 is 0 Å². The molecule has 4 heteroatoms. The van der Waals surface area contributed by atoms with Gasteiger partial charge in [-0.2, -0.15) is 0 Å². The van der Waals surface area contributed by atoms with Crippen LogP contribution in [0.1, 0.15) is 31.4 Å². The zero-order chi connectivity index (χ0) is 14.2. The molecule has 0 aliphatic carbocycles. The highest BCUT2D eigenvalue weighted by Crippen LogP contribution is 2.20. The van der Waals surface area contributed by atoms with Crippen molar-refractivity contribution in [3.63, 3.8) is 0 Å². The molecule has 1 atom stereocenters. The maximum atomic E-state index is 4.15. The van der Waals surface area contributed by atoms with Crippen molar-refractivity contribution in [3.8, 4) is 0 Å². The monoisotopic (exact) mass is 276 g/mol. The molecule has 1 saturated heterocycles. The van der Waals surface area contributed by atoms with Gasteiger partial charge >= 0.3 is 0 Å². The maximum absolute atomic E-state index is 4.15. The summed E-state index contributed by atoms with van der Waals surface area (Å²) < 4.78 is 0. The van der Waals surface area contributed by atoms with Crippen LogP contribution in [0.2, 0.25) is 0 Å². The summed E-state index contributed by atoms with van der Waals surface area (Å²) in [7, 11) is 2.25. The van der Waals surface area contributed by atoms with Crippen molar-refractivity contribution in [2.24, 2.45) is 0 Å². The standard InChI is InChI=1S/C16H28N4/c1-3-4-11-19(2)16(15-5-7-17-8-6-15)14-20-12-9-18-10-13-20/h5-8,16,18H,3-4,9-14H2,1-2H3. The van der Waals surface area contributed by atoms with Crippen LogP contribution in [0.5, 0.6) is 0 Å². The highest BCUT2D eigenvalue weighted by atomic mass is 15.2. The lowest BCUT2D eigenvalue weighted by molar-refractivity contribution is 0.149. The van der Waals surface area contributed by atoms with Crippen molar-refractivity contribution < 1.29 is 0 Å². The van der Waals surface area contributed by atoms with Crippen LogP contribution in [-0.2, 0) is 0 Å². The van der Waals surface area contributed by atoms with Crippen molar-refractivity contribution in [1.82, 2.24) is 20.1 Å². The largest absolute Gasteiger partial charge is 0.314 e. The average Bonchev–Trinajstić information content (AvgIpc) is 2.52. The SMILES string of the molecule is CCCCN(C)C(CN1CCNCC1)c1ccncc1. The van der Waals surface area contributed by atoms with Gasteiger partial charge in [-0.1, -0.05) is 13.3 Å². The average molecular weight is 276 g/mol. The van der Waals surface area contributed by atoms with Crippen LogP contribution in [0, 0.1) is 0 Å². The quantitative estimate of drug-likeness (QED) is 0.822. The number of aromatic nitrogens is 1. The topological polar surface area (TPSA) is 31.4 Å². The van der Waals surface area contributed by atoms with Gasteiger partial charge in [0.15, 0.2) is 0 Å². The zero-order valence-electron chi connectivity index (χ0n) is 12.9. The normalized spacial score (nSPS) is 18.4. The van der Waals surface area contributed by atoms with E-state index < -0.39 is 0 Å². The van der Waals surface area contributed by atoms with Crippen LogP contribution in [0.25, 0.3) is 0 Å². The fourth-order valence-electron chi connectivity index (χ4n) is 2.79. The molecule has 1 aromatic rings. The molecule has 2 heterocycles. The summed E-state index contributed by atoms with van der Waals surface area (Å²) in [6.07, 6.45) is 6.34. The molecule has 1 unspecified atom stereocenters. The van der Waals surface area contributed by atoms with Crippen molar-refractivity contribution in [2.75, 3.05) is 46.3 Å². The molecule has 0 spiro atoms. The first-order valence-corrected chi connectivity index (χ1v) is 7.84. The fraction of sp³-hybridized carbons (Fsp3) is 0.688. The lowest BCUT2D eigenvalue weighted by Gasteiger charge is -2.35. The van der Waals surface area contributed by atoms with E-state index in [4.69, 9.17) is 0 Å². The van der Waals surface area contributed by atoms with Gasteiger partial charge in [0.25, 0.3) is 0 Å². The number of likely N-dealkylation sites (N-methyl/N-ethyl adjacent to an activating group) is 1. The predicted molar refractivity (Wildman–Crippen MR) is 83.8 cm³/mol. The molecular weight excluding hydrogens is 248 g/mol. The number of pyridine rings is 1. The Balaban J connectivity index is 2.02. The van der Waals surface area contributed by atoms with E-state index in [1.807, 2.05) is 12.4 Å². The van der Waals surface area contributed by atoms with Gasteiger partial charge in [-0.25, -0.2) is 0 Å². The Morgan fingerprint density at radius 3 is 2.65 bits per heavy atom. The minimum Gasteiger partial charge on any atom is -0.314 e. The first kappa shape index (κ1) is 15.4. The summed E-state index contributed by atoms with van der Waals surface area (Å²) in [6, 6.07) is 4.80. The first-order valence-electron chi connectivity index (χ1n) is 7.84. The van der Waals surface area contributed by atoms with Crippen LogP contribution >= 0.6 is 0 Å². The minimum absolute atomic E-state index is 0.475. The smallest absolute Gasteiger partial charge is 0.0473 e. The minimum atomic E-state index is 0.475. The highest BCUT2D eigenvalue weighted by Gasteiger charge is 2.21. The number of nitrogens with zero attached hydrogens (tertiary/aromatic N) is 3. The lowest BCUT2D eigenvalue weighted by Crippen LogP contribution is -2.47. The third kappa shape index (κ3) is 4.54. The second-order valence-electron chi connectivity index (χ2n) is 5.68. The molecule has 0 amide bonds.